The molecule has 0 bridgehead atoms. The molecule has 2 rings (SSSR count). The topological polar surface area (TPSA) is 7.12 Å². The van der Waals surface area contributed by atoms with E-state index in [0.717, 1.165) is 0 Å². The average Bonchev–Trinajstić information content (AvgIpc) is 2.57. The van der Waals surface area contributed by atoms with Gasteiger partial charge in [0.1, 0.15) is 11.4 Å². The Kier molecular flexibility index (Phi) is 2.97. The summed E-state index contributed by atoms with van der Waals surface area (Å²) in [7, 11) is 4.23. The summed E-state index contributed by atoms with van der Waals surface area (Å²) in [4.78, 5) is 3.60. The second-order valence-electron chi connectivity index (χ2n) is 3.98. The smallest absolute Gasteiger partial charge is 0.224 e. The monoisotopic (exact) mass is 233 g/mol. The first-order valence-corrected chi connectivity index (χ1v) is 6.17. The van der Waals surface area contributed by atoms with Gasteiger partial charge in [0.15, 0.2) is 0 Å². The number of para-hydroxylation sites is 1. The van der Waals surface area contributed by atoms with Gasteiger partial charge in [-0.1, -0.05) is 29.5 Å². The summed E-state index contributed by atoms with van der Waals surface area (Å²) >= 11 is 1.83. The van der Waals surface area contributed by atoms with Gasteiger partial charge in [0.2, 0.25) is 0 Å². The van der Waals surface area contributed by atoms with Crippen LogP contribution in [0.5, 0.6) is 0 Å². The molecule has 0 radical (unpaired) electrons. The Hall–Kier alpha value is -1.35. The lowest BCUT2D eigenvalue weighted by Gasteiger charge is -2.09. The molecule has 2 nitrogen and oxygen atoms in total. The van der Waals surface area contributed by atoms with Gasteiger partial charge in [-0.25, -0.2) is 9.47 Å². The molecule has 0 aliphatic rings. The molecule has 16 heavy (non-hydrogen) atoms. The Bertz CT molecular complexity index is 488. The van der Waals surface area contributed by atoms with Crippen LogP contribution in [0.1, 0.15) is 10.6 Å². The minimum absolute atomic E-state index is 1.22. The van der Waals surface area contributed by atoms with Crippen LogP contribution in [0.4, 0.5) is 10.8 Å². The van der Waals surface area contributed by atoms with Gasteiger partial charge in [0.25, 0.3) is 0 Å². The number of nitrogens with zero attached hydrogens (tertiary/aromatic N) is 2. The highest BCUT2D eigenvalue weighted by atomic mass is 32.1. The van der Waals surface area contributed by atoms with Crippen LogP contribution in [0.25, 0.3) is 0 Å². The molecule has 84 valence electrons. The van der Waals surface area contributed by atoms with Crippen LogP contribution in [0.3, 0.4) is 0 Å². The van der Waals surface area contributed by atoms with E-state index in [9.17, 15) is 0 Å². The average molecular weight is 233 g/mol. The van der Waals surface area contributed by atoms with E-state index in [1.165, 1.54) is 21.4 Å². The summed E-state index contributed by atoms with van der Waals surface area (Å²) in [5, 5.41) is 1.27. The molecule has 0 saturated heterocycles. The maximum Gasteiger partial charge on any atom is 0.341 e. The van der Waals surface area contributed by atoms with Crippen LogP contribution in [0.2, 0.25) is 0 Å². The molecule has 0 spiro atoms. The summed E-state index contributed by atoms with van der Waals surface area (Å²) in [5.74, 6) is 0. The molecular formula is C13H17N2S+. The highest BCUT2D eigenvalue weighted by molar-refractivity contribution is 7.15. The van der Waals surface area contributed by atoms with E-state index in [1.807, 2.05) is 17.4 Å². The van der Waals surface area contributed by atoms with E-state index < -0.39 is 0 Å². The van der Waals surface area contributed by atoms with Gasteiger partial charge in [-0.3, -0.25) is 0 Å². The van der Waals surface area contributed by atoms with E-state index in [1.54, 1.807) is 0 Å². The van der Waals surface area contributed by atoms with Crippen LogP contribution >= 0.6 is 11.3 Å². The molecular weight excluding hydrogens is 216 g/mol. The number of benzene rings is 1. The number of aryl methyl sites for hydroxylation is 1. The van der Waals surface area contributed by atoms with Gasteiger partial charge in [0.05, 0.1) is 19.0 Å². The molecule has 0 aliphatic carbocycles. The van der Waals surface area contributed by atoms with E-state index in [4.69, 9.17) is 0 Å². The SMILES string of the molecule is Cc1sc(N(C)c2ccccc2)[n+](C)c1C. The fourth-order valence-electron chi connectivity index (χ4n) is 1.71. The number of hydrogen-bond acceptors (Lipinski definition) is 2. The van der Waals surface area contributed by atoms with Crippen LogP contribution in [-0.2, 0) is 7.05 Å². The van der Waals surface area contributed by atoms with Gasteiger partial charge in [-0.05, 0) is 26.0 Å². The van der Waals surface area contributed by atoms with E-state index in [0.29, 0.717) is 0 Å². The van der Waals surface area contributed by atoms with Crippen molar-refractivity contribution >= 4 is 22.2 Å². The normalized spacial score (nSPS) is 10.5. The highest BCUT2D eigenvalue weighted by Gasteiger charge is 2.21. The van der Waals surface area contributed by atoms with Gasteiger partial charge in [0, 0.05) is 0 Å². The predicted octanol–water partition coefficient (Wildman–Crippen LogP) is 2.96. The van der Waals surface area contributed by atoms with Crippen LogP contribution < -0.4 is 9.47 Å². The first kappa shape index (κ1) is 11.1. The fourth-order valence-corrected chi connectivity index (χ4v) is 2.79. The summed E-state index contributed by atoms with van der Waals surface area (Å²) in [6.45, 7) is 4.33. The quantitative estimate of drug-likeness (QED) is 0.723. The van der Waals surface area contributed by atoms with Crippen molar-refractivity contribution in [1.29, 1.82) is 0 Å². The third kappa shape index (κ3) is 1.83. The van der Waals surface area contributed by atoms with Crippen LogP contribution in [0, 0.1) is 13.8 Å². The first-order valence-electron chi connectivity index (χ1n) is 5.36. The number of aromatic nitrogens is 1. The second-order valence-corrected chi connectivity index (χ2v) is 5.16. The molecule has 1 heterocycles. The zero-order chi connectivity index (χ0) is 11.7. The van der Waals surface area contributed by atoms with Crippen molar-refractivity contribution in [2.24, 2.45) is 7.05 Å². The van der Waals surface area contributed by atoms with Gasteiger partial charge in [-0.2, -0.15) is 0 Å². The van der Waals surface area contributed by atoms with Crippen molar-refractivity contribution in [3.05, 3.63) is 40.9 Å². The standard InChI is InChI=1S/C13H17N2S/c1-10-11(2)16-13(14(10)3)15(4)12-8-6-5-7-9-12/h5-9H,1-4H3/q+1. The lowest BCUT2D eigenvalue weighted by atomic mass is 10.3. The largest absolute Gasteiger partial charge is 0.341 e. The molecule has 2 aromatic rings. The van der Waals surface area contributed by atoms with E-state index in [-0.39, 0.29) is 0 Å². The Morgan fingerprint density at radius 3 is 2.25 bits per heavy atom. The number of hydrogen-bond donors (Lipinski definition) is 0. The van der Waals surface area contributed by atoms with Crippen LogP contribution in [-0.4, -0.2) is 7.05 Å². The molecule has 0 amide bonds. The van der Waals surface area contributed by atoms with Crippen LogP contribution in [0.15, 0.2) is 30.3 Å². The maximum atomic E-state index is 2.24. The van der Waals surface area contributed by atoms with Gasteiger partial charge < -0.3 is 0 Å². The third-order valence-electron chi connectivity index (χ3n) is 2.97. The molecule has 3 heteroatoms. The lowest BCUT2D eigenvalue weighted by Crippen LogP contribution is -2.35. The van der Waals surface area contributed by atoms with Gasteiger partial charge in [-0.15, -0.1) is 0 Å². The van der Waals surface area contributed by atoms with E-state index >= 15 is 0 Å². The highest BCUT2D eigenvalue weighted by Crippen LogP contribution is 2.27. The Morgan fingerprint density at radius 1 is 1.12 bits per heavy atom. The molecule has 0 fully saturated rings. The summed E-state index contributed by atoms with van der Waals surface area (Å²) in [5.41, 5.74) is 2.56. The van der Waals surface area contributed by atoms with Crippen molar-refractivity contribution in [2.75, 3.05) is 11.9 Å². The maximum absolute atomic E-state index is 2.24. The Labute approximate surface area is 101 Å². The Balaban J connectivity index is 2.42. The predicted molar refractivity (Wildman–Crippen MR) is 69.5 cm³/mol. The molecule has 1 aromatic heterocycles. The molecule has 0 saturated carbocycles. The number of anilines is 2. The first-order chi connectivity index (χ1) is 7.61. The lowest BCUT2D eigenvalue weighted by molar-refractivity contribution is -0.660. The summed E-state index contributed by atoms with van der Waals surface area (Å²) in [6.07, 6.45) is 0. The molecule has 0 atom stereocenters. The van der Waals surface area contributed by atoms with Crippen molar-refractivity contribution in [1.82, 2.24) is 0 Å². The van der Waals surface area contributed by atoms with Gasteiger partial charge >= 0.3 is 5.13 Å². The molecule has 0 unspecified atom stereocenters. The number of thiazole rings is 1. The Morgan fingerprint density at radius 2 is 1.75 bits per heavy atom. The minimum atomic E-state index is 1.22. The fraction of sp³-hybridized carbons (Fsp3) is 0.308. The zero-order valence-corrected chi connectivity index (χ0v) is 11.0. The summed E-state index contributed by atoms with van der Waals surface area (Å²) in [6, 6.07) is 10.4. The molecule has 0 aliphatic heterocycles. The van der Waals surface area contributed by atoms with Crippen molar-refractivity contribution < 1.29 is 4.57 Å². The van der Waals surface area contributed by atoms with Crippen molar-refractivity contribution in [3.63, 3.8) is 0 Å². The third-order valence-corrected chi connectivity index (χ3v) is 4.31. The molecule has 1 aromatic carbocycles. The minimum Gasteiger partial charge on any atom is -0.224 e. The summed E-state index contributed by atoms with van der Waals surface area (Å²) < 4.78 is 2.24. The van der Waals surface area contributed by atoms with Crippen molar-refractivity contribution in [2.45, 2.75) is 13.8 Å². The number of rotatable bonds is 2. The molecule has 0 N–H and O–H groups in total. The van der Waals surface area contributed by atoms with E-state index in [2.05, 4.69) is 61.7 Å². The second kappa shape index (κ2) is 4.26. The van der Waals surface area contributed by atoms with Crippen molar-refractivity contribution in [3.8, 4) is 0 Å². The zero-order valence-electron chi connectivity index (χ0n) is 10.2.